The van der Waals surface area contributed by atoms with E-state index < -0.39 is 6.10 Å². The van der Waals surface area contributed by atoms with Gasteiger partial charge in [-0.3, -0.25) is 0 Å². The highest BCUT2D eigenvalue weighted by Crippen LogP contribution is 2.31. The van der Waals surface area contributed by atoms with E-state index in [9.17, 15) is 9.90 Å². The topological polar surface area (TPSA) is 89.1 Å². The molecule has 0 spiro atoms. The molecule has 0 aromatic heterocycles. The molecule has 3 aromatic rings. The Morgan fingerprint density at radius 3 is 2.74 bits per heavy atom. The van der Waals surface area contributed by atoms with Crippen LogP contribution in [0.5, 0.6) is 11.5 Å². The number of nitrogens with one attached hydrogen (secondary N) is 2. The second-order valence-electron chi connectivity index (χ2n) is 8.23. The van der Waals surface area contributed by atoms with Crippen LogP contribution in [-0.2, 0) is 11.2 Å². The van der Waals surface area contributed by atoms with Gasteiger partial charge in [0.15, 0.2) is 0 Å². The van der Waals surface area contributed by atoms with E-state index in [0.29, 0.717) is 18.7 Å². The van der Waals surface area contributed by atoms with Crippen LogP contribution in [0.3, 0.4) is 0 Å². The second-order valence-corrected chi connectivity index (χ2v) is 8.23. The highest BCUT2D eigenvalue weighted by atomic mass is 16.5. The van der Waals surface area contributed by atoms with Crippen LogP contribution in [0.15, 0.2) is 72.8 Å². The van der Waals surface area contributed by atoms with E-state index in [1.807, 2.05) is 54.6 Å². The molecule has 0 saturated carbocycles. The lowest BCUT2D eigenvalue weighted by molar-refractivity contribution is 0.0600. The molecule has 1 aliphatic rings. The predicted molar refractivity (Wildman–Crippen MR) is 131 cm³/mol. The van der Waals surface area contributed by atoms with Crippen LogP contribution in [-0.4, -0.2) is 50.1 Å². The molecule has 0 aliphatic carbocycles. The van der Waals surface area contributed by atoms with Gasteiger partial charge in [-0.25, -0.2) is 4.79 Å². The van der Waals surface area contributed by atoms with E-state index >= 15 is 0 Å². The summed E-state index contributed by atoms with van der Waals surface area (Å²) in [6.07, 6.45) is 1.24. The van der Waals surface area contributed by atoms with Crippen LogP contribution >= 0.6 is 0 Å². The average Bonchev–Trinajstić information content (AvgIpc) is 2.88. The molecule has 4 rings (SSSR count). The summed E-state index contributed by atoms with van der Waals surface area (Å²) in [6, 6.07) is 22.7. The van der Waals surface area contributed by atoms with Gasteiger partial charge < -0.3 is 30.0 Å². The summed E-state index contributed by atoms with van der Waals surface area (Å²) >= 11 is 0. The first-order valence-corrected chi connectivity index (χ1v) is 11.4. The Balaban J connectivity index is 1.24. The van der Waals surface area contributed by atoms with Gasteiger partial charge in [0.25, 0.3) is 0 Å². The number of esters is 1. The minimum Gasteiger partial charge on any atom is -0.491 e. The lowest BCUT2D eigenvalue weighted by Crippen LogP contribution is -2.39. The lowest BCUT2D eigenvalue weighted by atomic mass is 10.0. The maximum atomic E-state index is 11.8. The van der Waals surface area contributed by atoms with E-state index in [4.69, 9.17) is 14.2 Å². The number of aliphatic hydroxyl groups is 1. The van der Waals surface area contributed by atoms with Gasteiger partial charge in [0.1, 0.15) is 30.3 Å². The number of aryl methyl sites for hydroxylation is 1. The number of para-hydroxylation sites is 1. The standard InChI is InChI=1S/C27H30N2O5/c1-32-27(31)20-6-5-7-21(15-20)29-22-11-13-26-19(14-22)10-12-25(34-26)17-28-16-23(30)18-33-24-8-3-2-4-9-24/h2-9,11,13-15,23,25,28-30H,10,12,16-18H2,1H3/t23-,25+/m0/s1. The number of carbonyl (C=O) groups excluding carboxylic acids is 1. The largest absolute Gasteiger partial charge is 0.491 e. The molecular weight excluding hydrogens is 432 g/mol. The number of rotatable bonds is 10. The number of fused-ring (bicyclic) bond motifs is 1. The molecule has 34 heavy (non-hydrogen) atoms. The molecule has 7 heteroatoms. The summed E-state index contributed by atoms with van der Waals surface area (Å²) in [6.45, 7) is 1.33. The molecule has 0 saturated heterocycles. The third kappa shape index (κ3) is 6.50. The zero-order valence-corrected chi connectivity index (χ0v) is 19.2. The van der Waals surface area contributed by atoms with Crippen molar-refractivity contribution in [2.24, 2.45) is 0 Å². The summed E-state index contributed by atoms with van der Waals surface area (Å²) in [7, 11) is 1.37. The maximum absolute atomic E-state index is 11.8. The quantitative estimate of drug-likeness (QED) is 0.393. The molecule has 7 nitrogen and oxygen atoms in total. The average molecular weight is 463 g/mol. The summed E-state index contributed by atoms with van der Waals surface area (Å²) in [5, 5.41) is 16.8. The zero-order chi connectivity index (χ0) is 23.8. The zero-order valence-electron chi connectivity index (χ0n) is 19.2. The summed E-state index contributed by atoms with van der Waals surface area (Å²) in [4.78, 5) is 11.8. The minimum atomic E-state index is -0.595. The maximum Gasteiger partial charge on any atom is 0.337 e. The third-order valence-corrected chi connectivity index (χ3v) is 5.60. The van der Waals surface area contributed by atoms with Crippen LogP contribution in [0.4, 0.5) is 11.4 Å². The molecule has 2 atom stereocenters. The Morgan fingerprint density at radius 2 is 1.91 bits per heavy atom. The number of benzene rings is 3. The van der Waals surface area contributed by atoms with E-state index in [1.54, 1.807) is 12.1 Å². The Bertz CT molecular complexity index is 1090. The minimum absolute atomic E-state index is 0.0466. The van der Waals surface area contributed by atoms with E-state index in [1.165, 1.54) is 7.11 Å². The molecule has 1 heterocycles. The summed E-state index contributed by atoms with van der Waals surface area (Å²) in [5.74, 6) is 1.26. The summed E-state index contributed by atoms with van der Waals surface area (Å²) in [5.41, 5.74) is 3.39. The first-order valence-electron chi connectivity index (χ1n) is 11.4. The number of methoxy groups -OCH3 is 1. The van der Waals surface area contributed by atoms with Gasteiger partial charge in [-0.2, -0.15) is 0 Å². The number of anilines is 2. The van der Waals surface area contributed by atoms with Crippen molar-refractivity contribution in [3.8, 4) is 11.5 Å². The number of hydrogen-bond donors (Lipinski definition) is 3. The molecule has 3 N–H and O–H groups in total. The van der Waals surface area contributed by atoms with E-state index in [0.717, 1.165) is 41.3 Å². The summed E-state index contributed by atoms with van der Waals surface area (Å²) < 4.78 is 16.5. The SMILES string of the molecule is COC(=O)c1cccc(Nc2ccc3c(c2)CC[C@H](CNC[C@H](O)COc2ccccc2)O3)c1. The molecule has 0 radical (unpaired) electrons. The first-order chi connectivity index (χ1) is 16.6. The fourth-order valence-electron chi connectivity index (χ4n) is 3.85. The fourth-order valence-corrected chi connectivity index (χ4v) is 3.85. The number of carbonyl (C=O) groups is 1. The lowest BCUT2D eigenvalue weighted by Gasteiger charge is -2.27. The Labute approximate surface area is 199 Å². The highest BCUT2D eigenvalue weighted by Gasteiger charge is 2.20. The Morgan fingerprint density at radius 1 is 1.09 bits per heavy atom. The van der Waals surface area contributed by atoms with Crippen molar-refractivity contribution in [3.63, 3.8) is 0 Å². The van der Waals surface area contributed by atoms with Gasteiger partial charge in [-0.15, -0.1) is 0 Å². The molecule has 0 fully saturated rings. The van der Waals surface area contributed by atoms with Crippen molar-refractivity contribution >= 4 is 17.3 Å². The van der Waals surface area contributed by atoms with Crippen LogP contribution in [0.2, 0.25) is 0 Å². The van der Waals surface area contributed by atoms with Crippen molar-refractivity contribution in [2.75, 3.05) is 32.1 Å². The molecule has 178 valence electrons. The van der Waals surface area contributed by atoms with Gasteiger partial charge >= 0.3 is 5.97 Å². The molecule has 0 amide bonds. The second kappa shape index (κ2) is 11.5. The molecule has 1 aliphatic heterocycles. The van der Waals surface area contributed by atoms with Crippen LogP contribution in [0, 0.1) is 0 Å². The normalized spacial score (nSPS) is 15.5. The van der Waals surface area contributed by atoms with Crippen molar-refractivity contribution in [2.45, 2.75) is 25.0 Å². The predicted octanol–water partition coefficient (Wildman–Crippen LogP) is 3.94. The van der Waals surface area contributed by atoms with Gasteiger partial charge in [-0.1, -0.05) is 24.3 Å². The van der Waals surface area contributed by atoms with Crippen molar-refractivity contribution < 1.29 is 24.1 Å². The van der Waals surface area contributed by atoms with Gasteiger partial charge in [0.2, 0.25) is 0 Å². The van der Waals surface area contributed by atoms with Gasteiger partial charge in [0.05, 0.1) is 12.7 Å². The first kappa shape index (κ1) is 23.6. The van der Waals surface area contributed by atoms with Crippen molar-refractivity contribution in [1.29, 1.82) is 0 Å². The van der Waals surface area contributed by atoms with Crippen LogP contribution in [0.1, 0.15) is 22.3 Å². The third-order valence-electron chi connectivity index (χ3n) is 5.60. The van der Waals surface area contributed by atoms with E-state index in [2.05, 4.69) is 16.7 Å². The fraction of sp³-hybridized carbons (Fsp3) is 0.296. The van der Waals surface area contributed by atoms with E-state index in [-0.39, 0.29) is 18.7 Å². The molecular formula is C27H30N2O5. The Hall–Kier alpha value is -3.55. The molecule has 3 aromatic carbocycles. The van der Waals surface area contributed by atoms with Crippen molar-refractivity contribution in [1.82, 2.24) is 5.32 Å². The molecule has 0 unspecified atom stereocenters. The van der Waals surface area contributed by atoms with Gasteiger partial charge in [-0.05, 0) is 66.9 Å². The Kier molecular flexibility index (Phi) is 8.01. The highest BCUT2D eigenvalue weighted by molar-refractivity contribution is 5.90. The smallest absolute Gasteiger partial charge is 0.337 e. The van der Waals surface area contributed by atoms with Crippen molar-refractivity contribution in [3.05, 3.63) is 83.9 Å². The number of ether oxygens (including phenoxy) is 3. The molecule has 0 bridgehead atoms. The monoisotopic (exact) mass is 462 g/mol. The van der Waals surface area contributed by atoms with Crippen LogP contribution < -0.4 is 20.1 Å². The number of aliphatic hydroxyl groups excluding tert-OH is 1. The van der Waals surface area contributed by atoms with Gasteiger partial charge in [0, 0.05) is 24.5 Å². The number of hydrogen-bond acceptors (Lipinski definition) is 7. The van der Waals surface area contributed by atoms with Crippen LogP contribution in [0.25, 0.3) is 0 Å².